The molecule has 0 atom stereocenters. The summed E-state index contributed by atoms with van der Waals surface area (Å²) in [5.74, 6) is -0.546. The zero-order valence-electron chi connectivity index (χ0n) is 14.5. The van der Waals surface area contributed by atoms with Crippen LogP contribution in [-0.4, -0.2) is 29.9 Å². The Bertz CT molecular complexity index is 759. The monoisotopic (exact) mass is 355 g/mol. The molecule has 1 saturated heterocycles. The molecule has 136 valence electrons. The van der Waals surface area contributed by atoms with Crippen molar-refractivity contribution in [3.8, 4) is 0 Å². The molecule has 3 rings (SSSR count). The molecule has 0 aromatic heterocycles. The van der Waals surface area contributed by atoms with Crippen LogP contribution in [0.1, 0.15) is 18.4 Å². The van der Waals surface area contributed by atoms with Gasteiger partial charge in [-0.15, -0.1) is 0 Å². The highest BCUT2D eigenvalue weighted by Crippen LogP contribution is 2.19. The number of para-hydroxylation sites is 1. The van der Waals surface area contributed by atoms with Crippen LogP contribution in [0.5, 0.6) is 0 Å². The van der Waals surface area contributed by atoms with E-state index >= 15 is 0 Å². The SMILES string of the molecule is O=C(NCc1ccccc1)C1CCN(C(=O)Nc2ccccc2F)CC1. The molecule has 1 heterocycles. The Kier molecular flexibility index (Phi) is 5.84. The van der Waals surface area contributed by atoms with Crippen LogP contribution < -0.4 is 10.6 Å². The summed E-state index contributed by atoms with van der Waals surface area (Å²) in [6.07, 6.45) is 1.20. The Hall–Kier alpha value is -2.89. The Morgan fingerprint density at radius 3 is 2.35 bits per heavy atom. The van der Waals surface area contributed by atoms with Crippen LogP contribution in [0.15, 0.2) is 54.6 Å². The van der Waals surface area contributed by atoms with Crippen molar-refractivity contribution in [1.29, 1.82) is 0 Å². The van der Waals surface area contributed by atoms with Gasteiger partial charge in [0, 0.05) is 25.6 Å². The first-order valence-electron chi connectivity index (χ1n) is 8.75. The number of carbonyl (C=O) groups is 2. The molecular weight excluding hydrogens is 333 g/mol. The summed E-state index contributed by atoms with van der Waals surface area (Å²) < 4.78 is 13.6. The van der Waals surface area contributed by atoms with E-state index in [1.54, 1.807) is 17.0 Å². The lowest BCUT2D eigenvalue weighted by atomic mass is 9.96. The standard InChI is InChI=1S/C20H22FN3O2/c21-17-8-4-5-9-18(17)23-20(26)24-12-10-16(11-13-24)19(25)22-14-15-6-2-1-3-7-15/h1-9,16H,10-14H2,(H,22,25)(H,23,26). The number of piperidine rings is 1. The fraction of sp³-hybridized carbons (Fsp3) is 0.300. The highest BCUT2D eigenvalue weighted by molar-refractivity contribution is 5.89. The summed E-state index contributed by atoms with van der Waals surface area (Å²) >= 11 is 0. The van der Waals surface area contributed by atoms with Crippen LogP contribution in [0.3, 0.4) is 0 Å². The van der Waals surface area contributed by atoms with Gasteiger partial charge in [-0.2, -0.15) is 0 Å². The first-order valence-corrected chi connectivity index (χ1v) is 8.75. The van der Waals surface area contributed by atoms with E-state index in [1.807, 2.05) is 30.3 Å². The van der Waals surface area contributed by atoms with E-state index < -0.39 is 5.82 Å². The molecule has 2 aromatic rings. The van der Waals surface area contributed by atoms with Gasteiger partial charge in [0.1, 0.15) is 5.82 Å². The van der Waals surface area contributed by atoms with E-state index in [2.05, 4.69) is 10.6 Å². The average molecular weight is 355 g/mol. The van der Waals surface area contributed by atoms with Crippen LogP contribution in [0.25, 0.3) is 0 Å². The normalized spacial score (nSPS) is 14.7. The van der Waals surface area contributed by atoms with Crippen molar-refractivity contribution >= 4 is 17.6 Å². The second-order valence-corrected chi connectivity index (χ2v) is 6.37. The summed E-state index contributed by atoms with van der Waals surface area (Å²) in [5, 5.41) is 5.53. The maximum atomic E-state index is 13.6. The number of amides is 3. The quantitative estimate of drug-likeness (QED) is 0.883. The third-order valence-electron chi connectivity index (χ3n) is 4.58. The summed E-state index contributed by atoms with van der Waals surface area (Å²) in [6.45, 7) is 1.46. The first kappa shape index (κ1) is 17.9. The third-order valence-corrected chi connectivity index (χ3v) is 4.58. The molecule has 2 N–H and O–H groups in total. The lowest BCUT2D eigenvalue weighted by Crippen LogP contribution is -2.44. The van der Waals surface area contributed by atoms with Gasteiger partial charge in [-0.1, -0.05) is 42.5 Å². The molecule has 5 nitrogen and oxygen atoms in total. The molecule has 0 radical (unpaired) electrons. The number of urea groups is 1. The second-order valence-electron chi connectivity index (χ2n) is 6.37. The van der Waals surface area contributed by atoms with Crippen LogP contribution in [0, 0.1) is 11.7 Å². The van der Waals surface area contributed by atoms with E-state index in [0.29, 0.717) is 32.5 Å². The van der Waals surface area contributed by atoms with Gasteiger partial charge >= 0.3 is 6.03 Å². The van der Waals surface area contributed by atoms with E-state index in [9.17, 15) is 14.0 Å². The molecule has 1 aliphatic heterocycles. The lowest BCUT2D eigenvalue weighted by Gasteiger charge is -2.31. The van der Waals surface area contributed by atoms with Crippen molar-refractivity contribution in [2.75, 3.05) is 18.4 Å². The minimum atomic E-state index is -0.462. The van der Waals surface area contributed by atoms with Crippen LogP contribution in [0.4, 0.5) is 14.9 Å². The fourth-order valence-corrected chi connectivity index (χ4v) is 3.03. The minimum Gasteiger partial charge on any atom is -0.352 e. The van der Waals surface area contributed by atoms with Crippen molar-refractivity contribution in [3.05, 3.63) is 66.0 Å². The maximum absolute atomic E-state index is 13.6. The average Bonchev–Trinajstić information content (AvgIpc) is 2.69. The van der Waals surface area contributed by atoms with Crippen LogP contribution in [0.2, 0.25) is 0 Å². The van der Waals surface area contributed by atoms with E-state index in [0.717, 1.165) is 5.56 Å². The Morgan fingerprint density at radius 1 is 1.00 bits per heavy atom. The smallest absolute Gasteiger partial charge is 0.321 e. The highest BCUT2D eigenvalue weighted by atomic mass is 19.1. The molecule has 0 unspecified atom stereocenters. The number of carbonyl (C=O) groups excluding carboxylic acids is 2. The minimum absolute atomic E-state index is 0.0167. The van der Waals surface area contributed by atoms with Gasteiger partial charge in [-0.3, -0.25) is 4.79 Å². The van der Waals surface area contributed by atoms with Gasteiger partial charge in [0.25, 0.3) is 0 Å². The van der Waals surface area contributed by atoms with Crippen molar-refractivity contribution in [3.63, 3.8) is 0 Å². The number of benzene rings is 2. The Morgan fingerprint density at radius 2 is 1.65 bits per heavy atom. The summed E-state index contributed by atoms with van der Waals surface area (Å²) in [4.78, 5) is 26.2. The van der Waals surface area contributed by atoms with Gasteiger partial charge in [-0.05, 0) is 30.5 Å². The number of halogens is 1. The van der Waals surface area contributed by atoms with Gasteiger partial charge in [0.15, 0.2) is 0 Å². The zero-order chi connectivity index (χ0) is 18.4. The summed E-state index contributed by atoms with van der Waals surface area (Å²) in [6, 6.07) is 15.5. The fourth-order valence-electron chi connectivity index (χ4n) is 3.03. The molecule has 0 spiro atoms. The number of nitrogens with zero attached hydrogens (tertiary/aromatic N) is 1. The topological polar surface area (TPSA) is 61.4 Å². The first-order chi connectivity index (χ1) is 12.6. The van der Waals surface area contributed by atoms with Crippen molar-refractivity contribution in [1.82, 2.24) is 10.2 Å². The van der Waals surface area contributed by atoms with Crippen molar-refractivity contribution < 1.29 is 14.0 Å². The zero-order valence-corrected chi connectivity index (χ0v) is 14.5. The molecule has 0 bridgehead atoms. The van der Waals surface area contributed by atoms with Crippen LogP contribution >= 0.6 is 0 Å². The Labute approximate surface area is 152 Å². The molecule has 2 aromatic carbocycles. The van der Waals surface area contributed by atoms with Gasteiger partial charge in [0.05, 0.1) is 5.69 Å². The predicted molar refractivity (Wildman–Crippen MR) is 98.0 cm³/mol. The van der Waals surface area contributed by atoms with E-state index in [-0.39, 0.29) is 23.5 Å². The third kappa shape index (κ3) is 4.59. The largest absolute Gasteiger partial charge is 0.352 e. The number of hydrogen-bond acceptors (Lipinski definition) is 2. The molecular formula is C20H22FN3O2. The Balaban J connectivity index is 1.45. The molecule has 1 aliphatic rings. The van der Waals surface area contributed by atoms with Crippen molar-refractivity contribution in [2.45, 2.75) is 19.4 Å². The summed E-state index contributed by atoms with van der Waals surface area (Å²) in [7, 11) is 0. The predicted octanol–water partition coefficient (Wildman–Crippen LogP) is 3.39. The molecule has 0 saturated carbocycles. The number of nitrogens with one attached hydrogen (secondary N) is 2. The maximum Gasteiger partial charge on any atom is 0.321 e. The molecule has 3 amide bonds. The van der Waals surface area contributed by atoms with Crippen LogP contribution in [-0.2, 0) is 11.3 Å². The van der Waals surface area contributed by atoms with Crippen molar-refractivity contribution in [2.24, 2.45) is 5.92 Å². The number of hydrogen-bond donors (Lipinski definition) is 2. The molecule has 0 aliphatic carbocycles. The van der Waals surface area contributed by atoms with Gasteiger partial charge in [0.2, 0.25) is 5.91 Å². The van der Waals surface area contributed by atoms with E-state index in [4.69, 9.17) is 0 Å². The number of likely N-dealkylation sites (tertiary alicyclic amines) is 1. The summed E-state index contributed by atoms with van der Waals surface area (Å²) in [5.41, 5.74) is 1.22. The van der Waals surface area contributed by atoms with Gasteiger partial charge < -0.3 is 15.5 Å². The number of anilines is 1. The van der Waals surface area contributed by atoms with Gasteiger partial charge in [-0.25, -0.2) is 9.18 Å². The molecule has 26 heavy (non-hydrogen) atoms. The number of rotatable bonds is 4. The highest BCUT2D eigenvalue weighted by Gasteiger charge is 2.27. The van der Waals surface area contributed by atoms with E-state index in [1.165, 1.54) is 12.1 Å². The lowest BCUT2D eigenvalue weighted by molar-refractivity contribution is -0.126. The molecule has 1 fully saturated rings. The molecule has 6 heteroatoms. The second kappa shape index (κ2) is 8.47.